The molecule has 0 unspecified atom stereocenters. The van der Waals surface area contributed by atoms with E-state index in [1.807, 2.05) is 12.1 Å². The van der Waals surface area contributed by atoms with E-state index in [0.29, 0.717) is 6.04 Å². The molecule has 5 nitrogen and oxygen atoms in total. The summed E-state index contributed by atoms with van der Waals surface area (Å²) >= 11 is 0. The van der Waals surface area contributed by atoms with Crippen molar-refractivity contribution in [3.8, 4) is 0 Å². The highest BCUT2D eigenvalue weighted by Gasteiger charge is 2.22. The molecule has 1 aliphatic heterocycles. The zero-order chi connectivity index (χ0) is 16.7. The predicted molar refractivity (Wildman–Crippen MR) is 93.4 cm³/mol. The molecule has 1 saturated heterocycles. The van der Waals surface area contributed by atoms with Crippen LogP contribution in [0.25, 0.3) is 0 Å². The number of piperidine rings is 1. The van der Waals surface area contributed by atoms with Gasteiger partial charge < -0.3 is 15.3 Å². The Morgan fingerprint density at radius 2 is 1.96 bits per heavy atom. The molecular weight excluding hydrogens is 290 g/mol. The van der Waals surface area contributed by atoms with Crippen LogP contribution in [0.5, 0.6) is 0 Å². The van der Waals surface area contributed by atoms with Gasteiger partial charge in [0, 0.05) is 38.3 Å². The minimum atomic E-state index is -0.0369. The average Bonchev–Trinajstić information content (AvgIpc) is 2.54. The minimum Gasteiger partial charge on any atom is -0.396 e. The topological polar surface area (TPSA) is 55.8 Å². The summed E-state index contributed by atoms with van der Waals surface area (Å²) in [6, 6.07) is 8.74. The van der Waals surface area contributed by atoms with Crippen LogP contribution in [0.4, 0.5) is 5.69 Å². The van der Waals surface area contributed by atoms with Crippen molar-refractivity contribution in [2.75, 3.05) is 38.6 Å². The van der Waals surface area contributed by atoms with Crippen molar-refractivity contribution >= 4 is 11.6 Å². The van der Waals surface area contributed by atoms with Gasteiger partial charge in [-0.25, -0.2) is 0 Å². The summed E-state index contributed by atoms with van der Waals surface area (Å²) in [7, 11) is 2.16. The smallest absolute Gasteiger partial charge is 0.221 e. The van der Waals surface area contributed by atoms with Gasteiger partial charge in [0.2, 0.25) is 5.91 Å². The fourth-order valence-electron chi connectivity index (χ4n) is 3.18. The highest BCUT2D eigenvalue weighted by Crippen LogP contribution is 2.18. The van der Waals surface area contributed by atoms with Crippen LogP contribution in [0, 0.1) is 0 Å². The first-order chi connectivity index (χ1) is 11.1. The lowest BCUT2D eigenvalue weighted by Gasteiger charge is -2.36. The molecule has 1 aromatic carbocycles. The van der Waals surface area contributed by atoms with Crippen LogP contribution in [0.15, 0.2) is 24.3 Å². The maximum absolute atomic E-state index is 11.0. The van der Waals surface area contributed by atoms with Crippen LogP contribution < -0.4 is 5.32 Å². The number of rotatable bonds is 7. The molecule has 0 saturated carbocycles. The normalized spacial score (nSPS) is 16.7. The van der Waals surface area contributed by atoms with Crippen molar-refractivity contribution in [2.24, 2.45) is 0 Å². The maximum atomic E-state index is 11.0. The molecule has 128 valence electrons. The summed E-state index contributed by atoms with van der Waals surface area (Å²) in [6.07, 6.45) is 3.23. The number of carbonyl (C=O) groups excluding carboxylic acids is 1. The van der Waals surface area contributed by atoms with Crippen molar-refractivity contribution in [1.29, 1.82) is 0 Å². The van der Waals surface area contributed by atoms with Crippen molar-refractivity contribution in [3.63, 3.8) is 0 Å². The second kappa shape index (κ2) is 9.01. The number of hydrogen-bond donors (Lipinski definition) is 2. The predicted octanol–water partition coefficient (Wildman–Crippen LogP) is 1.92. The van der Waals surface area contributed by atoms with Crippen LogP contribution in [-0.2, 0) is 11.3 Å². The Hall–Kier alpha value is -1.43. The van der Waals surface area contributed by atoms with Gasteiger partial charge in [0.1, 0.15) is 0 Å². The summed E-state index contributed by atoms with van der Waals surface area (Å²) < 4.78 is 0. The van der Waals surface area contributed by atoms with Crippen LogP contribution in [0.3, 0.4) is 0 Å². The molecule has 0 radical (unpaired) electrons. The molecule has 23 heavy (non-hydrogen) atoms. The van der Waals surface area contributed by atoms with E-state index in [4.69, 9.17) is 5.11 Å². The molecule has 2 rings (SSSR count). The first-order valence-corrected chi connectivity index (χ1v) is 8.48. The van der Waals surface area contributed by atoms with E-state index in [0.717, 1.165) is 38.3 Å². The third kappa shape index (κ3) is 5.94. The molecule has 0 spiro atoms. The van der Waals surface area contributed by atoms with Crippen LogP contribution in [0.2, 0.25) is 0 Å². The Balaban J connectivity index is 1.76. The second-order valence-corrected chi connectivity index (χ2v) is 6.44. The zero-order valence-corrected chi connectivity index (χ0v) is 14.3. The van der Waals surface area contributed by atoms with Crippen molar-refractivity contribution < 1.29 is 9.90 Å². The number of amides is 1. The van der Waals surface area contributed by atoms with E-state index in [1.54, 1.807) is 0 Å². The number of aliphatic hydroxyl groups excluding tert-OH is 1. The molecule has 1 aromatic rings. The van der Waals surface area contributed by atoms with E-state index in [2.05, 4.69) is 34.3 Å². The average molecular weight is 319 g/mol. The number of nitrogens with zero attached hydrogens (tertiary/aromatic N) is 2. The van der Waals surface area contributed by atoms with Crippen molar-refractivity contribution in [1.82, 2.24) is 9.80 Å². The highest BCUT2D eigenvalue weighted by molar-refractivity contribution is 5.88. The summed E-state index contributed by atoms with van der Waals surface area (Å²) in [5, 5.41) is 11.7. The molecule has 0 aromatic heterocycles. The molecule has 1 aliphatic rings. The van der Waals surface area contributed by atoms with Gasteiger partial charge in [-0.3, -0.25) is 9.69 Å². The van der Waals surface area contributed by atoms with E-state index >= 15 is 0 Å². The largest absolute Gasteiger partial charge is 0.396 e. The number of aliphatic hydroxyl groups is 1. The molecule has 1 heterocycles. The number of likely N-dealkylation sites (tertiary alicyclic amines) is 1. The van der Waals surface area contributed by atoms with Crippen LogP contribution in [0.1, 0.15) is 31.7 Å². The molecule has 2 N–H and O–H groups in total. The SMILES string of the molecule is CC(=O)Nc1ccc(CN2CCC(N(C)CCCO)CC2)cc1. The third-order valence-corrected chi connectivity index (χ3v) is 4.53. The third-order valence-electron chi connectivity index (χ3n) is 4.53. The molecule has 1 amide bonds. The Morgan fingerprint density at radius 1 is 1.30 bits per heavy atom. The van der Waals surface area contributed by atoms with Crippen LogP contribution in [-0.4, -0.2) is 60.1 Å². The summed E-state index contributed by atoms with van der Waals surface area (Å²) in [6.45, 7) is 5.97. The summed E-state index contributed by atoms with van der Waals surface area (Å²) in [4.78, 5) is 15.9. The van der Waals surface area contributed by atoms with Gasteiger partial charge in [-0.05, 0) is 57.1 Å². The summed E-state index contributed by atoms with van der Waals surface area (Å²) in [5.41, 5.74) is 2.14. The van der Waals surface area contributed by atoms with Gasteiger partial charge in [-0.2, -0.15) is 0 Å². The monoisotopic (exact) mass is 319 g/mol. The Kier molecular flexibility index (Phi) is 7.02. The van der Waals surface area contributed by atoms with Gasteiger partial charge in [0.05, 0.1) is 0 Å². The van der Waals surface area contributed by atoms with Gasteiger partial charge in [-0.1, -0.05) is 12.1 Å². The lowest BCUT2D eigenvalue weighted by atomic mass is 10.0. The Morgan fingerprint density at radius 3 is 2.52 bits per heavy atom. The molecule has 5 heteroatoms. The van der Waals surface area contributed by atoms with E-state index in [1.165, 1.54) is 25.3 Å². The number of benzene rings is 1. The molecule has 0 atom stereocenters. The second-order valence-electron chi connectivity index (χ2n) is 6.44. The molecule has 0 aliphatic carbocycles. The fourth-order valence-corrected chi connectivity index (χ4v) is 3.18. The Labute approximate surface area is 139 Å². The fraction of sp³-hybridized carbons (Fsp3) is 0.611. The van der Waals surface area contributed by atoms with Gasteiger partial charge in [-0.15, -0.1) is 0 Å². The number of nitrogens with one attached hydrogen (secondary N) is 1. The molecule has 0 bridgehead atoms. The van der Waals surface area contributed by atoms with Crippen molar-refractivity contribution in [2.45, 2.75) is 38.8 Å². The summed E-state index contributed by atoms with van der Waals surface area (Å²) in [5.74, 6) is -0.0369. The number of hydrogen-bond acceptors (Lipinski definition) is 4. The van der Waals surface area contributed by atoms with Gasteiger partial charge >= 0.3 is 0 Å². The molecule has 1 fully saturated rings. The standard InChI is InChI=1S/C18H29N3O2/c1-15(23)19-17-6-4-16(5-7-17)14-21-11-8-18(9-12-21)20(2)10-3-13-22/h4-7,18,22H,3,8-14H2,1-2H3,(H,19,23). The minimum absolute atomic E-state index is 0.0369. The first kappa shape index (κ1) is 17.9. The number of carbonyl (C=O) groups is 1. The maximum Gasteiger partial charge on any atom is 0.221 e. The van der Waals surface area contributed by atoms with Gasteiger partial charge in [0.25, 0.3) is 0 Å². The number of anilines is 1. The van der Waals surface area contributed by atoms with Crippen LogP contribution >= 0.6 is 0 Å². The van der Waals surface area contributed by atoms with Gasteiger partial charge in [0.15, 0.2) is 0 Å². The highest BCUT2D eigenvalue weighted by atomic mass is 16.3. The van der Waals surface area contributed by atoms with E-state index in [9.17, 15) is 4.79 Å². The molecular formula is C18H29N3O2. The van der Waals surface area contributed by atoms with E-state index in [-0.39, 0.29) is 12.5 Å². The first-order valence-electron chi connectivity index (χ1n) is 8.48. The lowest BCUT2D eigenvalue weighted by Crippen LogP contribution is -2.43. The van der Waals surface area contributed by atoms with Crippen molar-refractivity contribution in [3.05, 3.63) is 29.8 Å². The lowest BCUT2D eigenvalue weighted by molar-refractivity contribution is -0.114. The quantitative estimate of drug-likeness (QED) is 0.806. The Bertz CT molecular complexity index is 482. The zero-order valence-electron chi connectivity index (χ0n) is 14.3. The van der Waals surface area contributed by atoms with E-state index < -0.39 is 0 Å².